The molecule has 0 atom stereocenters. The Balaban J connectivity index is 2.43. The van der Waals surface area contributed by atoms with Crippen molar-refractivity contribution in [3.05, 3.63) is 17.0 Å². The zero-order chi connectivity index (χ0) is 12.7. The van der Waals surface area contributed by atoms with Crippen LogP contribution in [0.2, 0.25) is 0 Å². The van der Waals surface area contributed by atoms with Crippen LogP contribution in [0.15, 0.2) is 11.4 Å². The van der Waals surface area contributed by atoms with Gasteiger partial charge < -0.3 is 10.4 Å². The molecular formula is C12H13NO3S. The highest BCUT2D eigenvalue weighted by atomic mass is 32.1. The molecule has 0 spiro atoms. The summed E-state index contributed by atoms with van der Waals surface area (Å²) in [5.41, 5.74) is 0.131. The van der Waals surface area contributed by atoms with Crippen molar-refractivity contribution in [1.82, 2.24) is 0 Å². The van der Waals surface area contributed by atoms with E-state index in [0.717, 1.165) is 6.42 Å². The van der Waals surface area contributed by atoms with Gasteiger partial charge in [0.2, 0.25) is 5.91 Å². The topological polar surface area (TPSA) is 66.4 Å². The molecule has 0 aromatic carbocycles. The summed E-state index contributed by atoms with van der Waals surface area (Å²) in [6, 6.07) is 1.47. The Morgan fingerprint density at radius 1 is 1.47 bits per heavy atom. The Morgan fingerprint density at radius 3 is 2.88 bits per heavy atom. The molecule has 2 N–H and O–H groups in total. The van der Waals surface area contributed by atoms with Crippen molar-refractivity contribution in [3.8, 4) is 12.3 Å². The summed E-state index contributed by atoms with van der Waals surface area (Å²) in [7, 11) is 0. The number of hydrogen-bond acceptors (Lipinski definition) is 3. The third-order valence-corrected chi connectivity index (χ3v) is 2.95. The van der Waals surface area contributed by atoms with E-state index in [1.807, 2.05) is 0 Å². The van der Waals surface area contributed by atoms with Crippen molar-refractivity contribution in [2.45, 2.75) is 25.7 Å². The summed E-state index contributed by atoms with van der Waals surface area (Å²) in [5, 5.41) is 13.5. The molecule has 4 nitrogen and oxygen atoms in total. The van der Waals surface area contributed by atoms with Crippen LogP contribution < -0.4 is 5.32 Å². The van der Waals surface area contributed by atoms with Gasteiger partial charge in [0.1, 0.15) is 5.00 Å². The minimum absolute atomic E-state index is 0.131. The van der Waals surface area contributed by atoms with Crippen molar-refractivity contribution < 1.29 is 14.7 Å². The molecule has 0 bridgehead atoms. The van der Waals surface area contributed by atoms with E-state index in [-0.39, 0.29) is 11.5 Å². The van der Waals surface area contributed by atoms with Gasteiger partial charge in [0.15, 0.2) is 0 Å². The summed E-state index contributed by atoms with van der Waals surface area (Å²) >= 11 is 1.20. The highest BCUT2D eigenvalue weighted by Gasteiger charge is 2.13. The maximum absolute atomic E-state index is 11.5. The number of hydrogen-bond donors (Lipinski definition) is 2. The second-order valence-corrected chi connectivity index (χ2v) is 4.34. The van der Waals surface area contributed by atoms with Gasteiger partial charge in [0.05, 0.1) is 5.56 Å². The largest absolute Gasteiger partial charge is 0.478 e. The van der Waals surface area contributed by atoms with E-state index in [9.17, 15) is 9.59 Å². The molecule has 0 aliphatic rings. The molecule has 17 heavy (non-hydrogen) atoms. The zero-order valence-electron chi connectivity index (χ0n) is 9.23. The Hall–Kier alpha value is -1.80. The molecule has 0 unspecified atom stereocenters. The van der Waals surface area contributed by atoms with Crippen molar-refractivity contribution in [2.24, 2.45) is 0 Å². The van der Waals surface area contributed by atoms with Crippen LogP contribution in [0.3, 0.4) is 0 Å². The number of carbonyl (C=O) groups is 2. The molecule has 5 heteroatoms. The average molecular weight is 251 g/mol. The van der Waals surface area contributed by atoms with Gasteiger partial charge in [0, 0.05) is 12.8 Å². The number of carboxylic acid groups (broad SMARTS) is 1. The van der Waals surface area contributed by atoms with Crippen molar-refractivity contribution in [3.63, 3.8) is 0 Å². The Morgan fingerprint density at radius 2 is 2.24 bits per heavy atom. The number of thiophene rings is 1. The smallest absolute Gasteiger partial charge is 0.338 e. The van der Waals surface area contributed by atoms with E-state index < -0.39 is 5.97 Å². The van der Waals surface area contributed by atoms with E-state index in [0.29, 0.717) is 24.3 Å². The number of amides is 1. The number of unbranched alkanes of at least 4 members (excludes halogenated alkanes) is 2. The van der Waals surface area contributed by atoms with Crippen molar-refractivity contribution >= 4 is 28.2 Å². The summed E-state index contributed by atoms with van der Waals surface area (Å²) in [6.07, 6.45) is 7.63. The quantitative estimate of drug-likeness (QED) is 0.603. The molecule has 0 saturated heterocycles. The number of rotatable bonds is 6. The molecule has 0 radical (unpaired) electrons. The van der Waals surface area contributed by atoms with Crippen LogP contribution in [0.25, 0.3) is 0 Å². The number of carbonyl (C=O) groups excluding carboxylic acids is 1. The molecule has 1 heterocycles. The lowest BCUT2D eigenvalue weighted by Crippen LogP contribution is -2.12. The second-order valence-electron chi connectivity index (χ2n) is 3.43. The van der Waals surface area contributed by atoms with Crippen LogP contribution in [0.4, 0.5) is 5.00 Å². The SMILES string of the molecule is C#CCCCCC(=O)Nc1sccc1C(=O)O. The lowest BCUT2D eigenvalue weighted by Gasteiger charge is -2.03. The maximum Gasteiger partial charge on any atom is 0.338 e. The Kier molecular flexibility index (Phi) is 5.24. The minimum atomic E-state index is -1.03. The standard InChI is InChI=1S/C12H13NO3S/c1-2-3-4-5-6-10(14)13-11-9(12(15)16)7-8-17-11/h1,7-8H,3-6H2,(H,13,14)(H,15,16). The monoisotopic (exact) mass is 251 g/mol. The van der Waals surface area contributed by atoms with E-state index in [1.54, 1.807) is 5.38 Å². The Bertz CT molecular complexity index is 445. The lowest BCUT2D eigenvalue weighted by atomic mass is 10.2. The molecule has 1 aromatic rings. The highest BCUT2D eigenvalue weighted by Crippen LogP contribution is 2.23. The van der Waals surface area contributed by atoms with Crippen LogP contribution in [-0.2, 0) is 4.79 Å². The number of carboxylic acids is 1. The van der Waals surface area contributed by atoms with E-state index in [1.165, 1.54) is 17.4 Å². The van der Waals surface area contributed by atoms with E-state index in [2.05, 4.69) is 11.2 Å². The molecule has 0 fully saturated rings. The first-order valence-electron chi connectivity index (χ1n) is 5.19. The molecule has 90 valence electrons. The predicted molar refractivity (Wildman–Crippen MR) is 67.2 cm³/mol. The summed E-state index contributed by atoms with van der Waals surface area (Å²) in [6.45, 7) is 0. The first-order chi connectivity index (χ1) is 8.15. The van der Waals surface area contributed by atoms with Gasteiger partial charge in [-0.25, -0.2) is 4.79 Å². The molecular weight excluding hydrogens is 238 g/mol. The van der Waals surface area contributed by atoms with Crippen molar-refractivity contribution in [1.29, 1.82) is 0 Å². The minimum Gasteiger partial charge on any atom is -0.478 e. The third-order valence-electron chi connectivity index (χ3n) is 2.12. The number of nitrogens with one attached hydrogen (secondary N) is 1. The molecule has 0 saturated carbocycles. The summed E-state index contributed by atoms with van der Waals surface area (Å²) in [4.78, 5) is 22.3. The fourth-order valence-electron chi connectivity index (χ4n) is 1.28. The lowest BCUT2D eigenvalue weighted by molar-refractivity contribution is -0.116. The predicted octanol–water partition coefficient (Wildman–Crippen LogP) is 2.58. The van der Waals surface area contributed by atoms with Crippen LogP contribution in [0.5, 0.6) is 0 Å². The third kappa shape index (κ3) is 4.29. The zero-order valence-corrected chi connectivity index (χ0v) is 10.0. The van der Waals surface area contributed by atoms with Gasteiger partial charge in [0.25, 0.3) is 0 Å². The first-order valence-corrected chi connectivity index (χ1v) is 6.07. The number of aromatic carboxylic acids is 1. The highest BCUT2D eigenvalue weighted by molar-refractivity contribution is 7.14. The van der Waals surface area contributed by atoms with E-state index in [4.69, 9.17) is 11.5 Å². The fraction of sp³-hybridized carbons (Fsp3) is 0.333. The van der Waals surface area contributed by atoms with Crippen LogP contribution in [0.1, 0.15) is 36.0 Å². The number of terminal acetylenes is 1. The maximum atomic E-state index is 11.5. The molecule has 1 rings (SSSR count). The van der Waals surface area contributed by atoms with Gasteiger partial charge >= 0.3 is 5.97 Å². The van der Waals surface area contributed by atoms with Gasteiger partial charge in [-0.15, -0.1) is 23.7 Å². The van der Waals surface area contributed by atoms with Crippen LogP contribution in [-0.4, -0.2) is 17.0 Å². The van der Waals surface area contributed by atoms with Gasteiger partial charge in [-0.2, -0.15) is 0 Å². The molecule has 1 aromatic heterocycles. The van der Waals surface area contributed by atoms with Crippen molar-refractivity contribution in [2.75, 3.05) is 5.32 Å². The van der Waals surface area contributed by atoms with Crippen LogP contribution >= 0.6 is 11.3 Å². The van der Waals surface area contributed by atoms with E-state index >= 15 is 0 Å². The average Bonchev–Trinajstić information content (AvgIpc) is 2.72. The summed E-state index contributed by atoms with van der Waals surface area (Å²) in [5.74, 6) is 1.30. The van der Waals surface area contributed by atoms with Gasteiger partial charge in [-0.1, -0.05) is 0 Å². The Labute approximate surface area is 104 Å². The molecule has 1 amide bonds. The van der Waals surface area contributed by atoms with Gasteiger partial charge in [-0.3, -0.25) is 4.79 Å². The first kappa shape index (κ1) is 13.3. The normalized spacial score (nSPS) is 9.59. The molecule has 0 aliphatic heterocycles. The molecule has 0 aliphatic carbocycles. The number of anilines is 1. The fourth-order valence-corrected chi connectivity index (χ4v) is 2.07. The summed E-state index contributed by atoms with van der Waals surface area (Å²) < 4.78 is 0. The van der Waals surface area contributed by atoms with Crippen LogP contribution in [0, 0.1) is 12.3 Å². The van der Waals surface area contributed by atoms with Gasteiger partial charge in [-0.05, 0) is 24.3 Å². The second kappa shape index (κ2) is 6.71.